The van der Waals surface area contributed by atoms with Crippen LogP contribution in [0.1, 0.15) is 19.4 Å². The maximum atomic E-state index is 12.4. The molecule has 0 radical (unpaired) electrons. The van der Waals surface area contributed by atoms with Crippen molar-refractivity contribution in [1.29, 1.82) is 10.5 Å². The summed E-state index contributed by atoms with van der Waals surface area (Å²) < 4.78 is 15.3. The Morgan fingerprint density at radius 2 is 1.76 bits per heavy atom. The zero-order chi connectivity index (χ0) is 24.4. The van der Waals surface area contributed by atoms with Crippen LogP contribution in [-0.2, 0) is 19.1 Å². The van der Waals surface area contributed by atoms with Crippen LogP contribution in [0.15, 0.2) is 49.9 Å². The minimum absolute atomic E-state index is 0.0312. The van der Waals surface area contributed by atoms with E-state index in [0.29, 0.717) is 11.1 Å². The normalized spacial score (nSPS) is 11.4. The number of nitriles is 2. The molecule has 1 aromatic heterocycles. The summed E-state index contributed by atoms with van der Waals surface area (Å²) in [7, 11) is 0. The van der Waals surface area contributed by atoms with Crippen LogP contribution < -0.4 is 16.3 Å². The second-order valence-electron chi connectivity index (χ2n) is 6.42. The number of carbonyl (C=O) groups excluding carboxylic acids is 2. The lowest BCUT2D eigenvalue weighted by Gasteiger charge is -2.22. The number of fused-ring (bicyclic) bond motifs is 1. The van der Waals surface area contributed by atoms with E-state index in [0.717, 1.165) is 6.21 Å². The van der Waals surface area contributed by atoms with Crippen LogP contribution in [0, 0.1) is 22.7 Å². The van der Waals surface area contributed by atoms with E-state index in [9.17, 15) is 14.4 Å². The van der Waals surface area contributed by atoms with Crippen LogP contribution >= 0.6 is 0 Å². The van der Waals surface area contributed by atoms with Crippen molar-refractivity contribution in [3.05, 3.63) is 51.6 Å². The number of hydrogen-bond donors (Lipinski definition) is 1. The van der Waals surface area contributed by atoms with Gasteiger partial charge in [-0.15, -0.1) is 0 Å². The largest absolute Gasteiger partial charge is 0.465 e. The number of rotatable bonds is 9. The molecular weight excluding hydrogens is 430 g/mol. The Morgan fingerprint density at radius 3 is 2.30 bits per heavy atom. The number of nitrogens with zero attached hydrogens (tertiary/aromatic N) is 4. The first-order valence-electron chi connectivity index (χ1n) is 9.81. The molecule has 2 N–H and O–H groups in total. The number of esters is 2. The summed E-state index contributed by atoms with van der Waals surface area (Å²) in [6, 6.07) is 9.52. The second-order valence-corrected chi connectivity index (χ2v) is 6.42. The summed E-state index contributed by atoms with van der Waals surface area (Å²) in [4.78, 5) is 41.6. The highest BCUT2D eigenvalue weighted by Gasteiger charge is 2.18. The van der Waals surface area contributed by atoms with E-state index in [1.165, 1.54) is 17.0 Å². The third kappa shape index (κ3) is 6.67. The molecule has 0 aliphatic heterocycles. The Labute approximate surface area is 188 Å². The number of carbonyl (C=O) groups is 2. The van der Waals surface area contributed by atoms with Gasteiger partial charge < -0.3 is 24.5 Å². The van der Waals surface area contributed by atoms with E-state index in [4.69, 9.17) is 30.1 Å². The smallest absolute Gasteiger partial charge is 0.345 e. The standard InChI is InChI=1S/C22H21N5O6/c1-3-31-20(28)12-27(13-21(29)32-4-2)16-6-5-14-7-15(22(30)33-19(14)8-16)11-26-18(10-24)17(25)9-23/h5-8,11H,3-4,12-13,25H2,1-2H3/b18-17-,26-11?. The molecule has 0 saturated carbocycles. The molecule has 11 heteroatoms. The van der Waals surface area contributed by atoms with Crippen LogP contribution in [0.2, 0.25) is 0 Å². The quantitative estimate of drug-likeness (QED) is 0.254. The second kappa shape index (κ2) is 11.7. The number of allylic oxidation sites excluding steroid dienone is 2. The molecule has 1 aromatic carbocycles. The molecule has 11 nitrogen and oxygen atoms in total. The number of hydrogen-bond acceptors (Lipinski definition) is 11. The molecule has 33 heavy (non-hydrogen) atoms. The summed E-state index contributed by atoms with van der Waals surface area (Å²) in [5.74, 6) is -1.07. The zero-order valence-corrected chi connectivity index (χ0v) is 18.0. The van der Waals surface area contributed by atoms with Gasteiger partial charge in [0, 0.05) is 23.4 Å². The fourth-order valence-corrected chi connectivity index (χ4v) is 2.71. The molecule has 0 unspecified atom stereocenters. The van der Waals surface area contributed by atoms with Crippen molar-refractivity contribution in [3.63, 3.8) is 0 Å². The fraction of sp³-hybridized carbons (Fsp3) is 0.273. The van der Waals surface area contributed by atoms with E-state index in [1.807, 2.05) is 0 Å². The molecule has 0 spiro atoms. The lowest BCUT2D eigenvalue weighted by Crippen LogP contribution is -2.36. The van der Waals surface area contributed by atoms with Crippen molar-refractivity contribution in [3.8, 4) is 12.1 Å². The molecule has 0 atom stereocenters. The fourth-order valence-electron chi connectivity index (χ4n) is 2.71. The van der Waals surface area contributed by atoms with Gasteiger partial charge in [-0.1, -0.05) is 0 Å². The highest BCUT2D eigenvalue weighted by molar-refractivity contribution is 5.89. The SMILES string of the molecule is CCOC(=O)CN(CC(=O)OCC)c1ccc2cc(C=N/C(C#N)=C(\N)C#N)c(=O)oc2c1. The van der Waals surface area contributed by atoms with Gasteiger partial charge in [-0.3, -0.25) is 9.59 Å². The Bertz CT molecular complexity index is 1230. The Morgan fingerprint density at radius 1 is 1.12 bits per heavy atom. The Hall–Kier alpha value is -4.64. The topological polar surface area (TPSA) is 172 Å². The summed E-state index contributed by atoms with van der Waals surface area (Å²) in [5, 5.41) is 18.3. The number of benzene rings is 1. The molecule has 2 aromatic rings. The predicted octanol–water partition coefficient (Wildman–Crippen LogP) is 1.36. The van der Waals surface area contributed by atoms with E-state index < -0.39 is 17.6 Å². The lowest BCUT2D eigenvalue weighted by molar-refractivity contribution is -0.142. The van der Waals surface area contributed by atoms with Gasteiger partial charge in [0.05, 0.1) is 18.8 Å². The number of ether oxygens (including phenoxy) is 2. The number of aliphatic imine (C=N–C) groups is 1. The maximum Gasteiger partial charge on any atom is 0.345 e. The van der Waals surface area contributed by atoms with E-state index >= 15 is 0 Å². The van der Waals surface area contributed by atoms with Crippen LogP contribution in [-0.4, -0.2) is 44.5 Å². The predicted molar refractivity (Wildman–Crippen MR) is 118 cm³/mol. The molecule has 0 fully saturated rings. The van der Waals surface area contributed by atoms with Gasteiger partial charge in [-0.05, 0) is 32.0 Å². The van der Waals surface area contributed by atoms with Crippen molar-refractivity contribution in [1.82, 2.24) is 0 Å². The lowest BCUT2D eigenvalue weighted by atomic mass is 10.1. The molecule has 0 bridgehead atoms. The van der Waals surface area contributed by atoms with Crippen molar-refractivity contribution >= 4 is 34.8 Å². The van der Waals surface area contributed by atoms with Gasteiger partial charge in [0.25, 0.3) is 0 Å². The maximum absolute atomic E-state index is 12.4. The van der Waals surface area contributed by atoms with Crippen LogP contribution in [0.4, 0.5) is 5.69 Å². The first-order valence-corrected chi connectivity index (χ1v) is 9.81. The van der Waals surface area contributed by atoms with Crippen LogP contribution in [0.25, 0.3) is 11.0 Å². The average Bonchev–Trinajstić information content (AvgIpc) is 2.79. The van der Waals surface area contributed by atoms with Crippen molar-refractivity contribution in [2.75, 3.05) is 31.2 Å². The molecule has 0 amide bonds. The molecule has 0 aliphatic rings. The molecule has 0 aliphatic carbocycles. The van der Waals surface area contributed by atoms with Gasteiger partial charge in [-0.2, -0.15) is 10.5 Å². The van der Waals surface area contributed by atoms with E-state index in [-0.39, 0.29) is 48.8 Å². The highest BCUT2D eigenvalue weighted by atomic mass is 16.5. The zero-order valence-electron chi connectivity index (χ0n) is 18.0. The summed E-state index contributed by atoms with van der Waals surface area (Å²) in [6.45, 7) is 3.29. The van der Waals surface area contributed by atoms with Gasteiger partial charge in [0.2, 0.25) is 0 Å². The molecule has 1 heterocycles. The van der Waals surface area contributed by atoms with E-state index in [1.54, 1.807) is 38.1 Å². The first-order chi connectivity index (χ1) is 15.8. The number of nitrogens with two attached hydrogens (primary N) is 1. The van der Waals surface area contributed by atoms with Crippen molar-refractivity contribution < 1.29 is 23.5 Å². The van der Waals surface area contributed by atoms with E-state index in [2.05, 4.69) is 4.99 Å². The third-order valence-electron chi connectivity index (χ3n) is 4.18. The Balaban J connectivity index is 2.42. The first kappa shape index (κ1) is 24.6. The van der Waals surface area contributed by atoms with Gasteiger partial charge in [-0.25, -0.2) is 9.79 Å². The summed E-state index contributed by atoms with van der Waals surface area (Å²) in [6.07, 6.45) is 1.08. The van der Waals surface area contributed by atoms with Crippen LogP contribution in [0.5, 0.6) is 0 Å². The summed E-state index contributed by atoms with van der Waals surface area (Å²) >= 11 is 0. The third-order valence-corrected chi connectivity index (χ3v) is 4.18. The molecule has 2 rings (SSSR count). The monoisotopic (exact) mass is 451 g/mol. The minimum atomic E-state index is -0.751. The van der Waals surface area contributed by atoms with Crippen molar-refractivity contribution in [2.45, 2.75) is 13.8 Å². The molecular formula is C22H21N5O6. The van der Waals surface area contributed by atoms with Gasteiger partial charge >= 0.3 is 17.6 Å². The average molecular weight is 451 g/mol. The van der Waals surface area contributed by atoms with Crippen LogP contribution in [0.3, 0.4) is 0 Å². The van der Waals surface area contributed by atoms with Gasteiger partial charge in [0.1, 0.15) is 36.5 Å². The summed E-state index contributed by atoms with van der Waals surface area (Å²) in [5.41, 5.74) is 4.58. The number of anilines is 1. The Kier molecular flexibility index (Phi) is 8.71. The molecule has 170 valence electrons. The van der Waals surface area contributed by atoms with Crippen molar-refractivity contribution in [2.24, 2.45) is 10.7 Å². The highest BCUT2D eigenvalue weighted by Crippen LogP contribution is 2.22. The molecule has 0 saturated heterocycles. The minimum Gasteiger partial charge on any atom is -0.465 e. The van der Waals surface area contributed by atoms with Gasteiger partial charge in [0.15, 0.2) is 5.70 Å².